The number of benzene rings is 1. The third-order valence-corrected chi connectivity index (χ3v) is 3.35. The second-order valence-electron chi connectivity index (χ2n) is 4.94. The van der Waals surface area contributed by atoms with E-state index < -0.39 is 0 Å². The first kappa shape index (κ1) is 15.5. The number of ether oxygens (including phenoxy) is 1. The van der Waals surface area contributed by atoms with Crippen LogP contribution in [0.3, 0.4) is 0 Å². The summed E-state index contributed by atoms with van der Waals surface area (Å²) in [6.07, 6.45) is 1.89. The number of halogens is 1. The van der Waals surface area contributed by atoms with E-state index >= 15 is 0 Å². The van der Waals surface area contributed by atoms with E-state index in [1.807, 2.05) is 19.1 Å². The summed E-state index contributed by atoms with van der Waals surface area (Å²) in [5.74, 6) is 0.924. The fraction of sp³-hybridized carbons (Fsp3) is 0.571. The van der Waals surface area contributed by atoms with Crippen molar-refractivity contribution in [2.75, 3.05) is 27.2 Å². The molecule has 4 heteroatoms. The average molecular weight is 315 g/mol. The fourth-order valence-corrected chi connectivity index (χ4v) is 2.12. The van der Waals surface area contributed by atoms with E-state index in [-0.39, 0.29) is 6.04 Å². The van der Waals surface area contributed by atoms with E-state index in [1.54, 1.807) is 0 Å². The minimum absolute atomic E-state index is 0.158. The molecular weight excluding hydrogens is 292 g/mol. The van der Waals surface area contributed by atoms with E-state index in [0.717, 1.165) is 36.2 Å². The molecule has 0 aliphatic carbocycles. The Kier molecular flexibility index (Phi) is 6.68. The molecule has 0 saturated heterocycles. The first-order valence-corrected chi connectivity index (χ1v) is 7.10. The third-order valence-electron chi connectivity index (χ3n) is 2.58. The largest absolute Gasteiger partial charge is 0.494 e. The van der Waals surface area contributed by atoms with Gasteiger partial charge in [-0.15, -0.1) is 0 Å². The van der Waals surface area contributed by atoms with Crippen LogP contribution in [0.4, 0.5) is 0 Å². The van der Waals surface area contributed by atoms with E-state index in [9.17, 15) is 0 Å². The summed E-state index contributed by atoms with van der Waals surface area (Å²) in [7, 11) is 4.14. The average Bonchev–Trinajstić information content (AvgIpc) is 2.27. The lowest BCUT2D eigenvalue weighted by molar-refractivity contribution is 0.281. The lowest BCUT2D eigenvalue weighted by Crippen LogP contribution is -2.18. The molecule has 1 unspecified atom stereocenters. The Morgan fingerprint density at radius 3 is 2.72 bits per heavy atom. The normalized spacial score (nSPS) is 12.8. The highest BCUT2D eigenvalue weighted by atomic mass is 79.9. The SMILES string of the molecule is CC(N)Cc1cc(OCCCN(C)C)ccc1Br. The maximum absolute atomic E-state index is 5.83. The van der Waals surface area contributed by atoms with Gasteiger partial charge < -0.3 is 15.4 Å². The van der Waals surface area contributed by atoms with E-state index in [2.05, 4.69) is 41.0 Å². The zero-order valence-electron chi connectivity index (χ0n) is 11.4. The van der Waals surface area contributed by atoms with Gasteiger partial charge in [-0.3, -0.25) is 0 Å². The van der Waals surface area contributed by atoms with Crippen molar-refractivity contribution in [1.82, 2.24) is 4.90 Å². The molecule has 0 radical (unpaired) electrons. The summed E-state index contributed by atoms with van der Waals surface area (Å²) in [5.41, 5.74) is 7.03. The maximum Gasteiger partial charge on any atom is 0.119 e. The first-order chi connectivity index (χ1) is 8.49. The Bertz CT molecular complexity index is 367. The van der Waals surface area contributed by atoms with Crippen molar-refractivity contribution >= 4 is 15.9 Å². The topological polar surface area (TPSA) is 38.5 Å². The minimum Gasteiger partial charge on any atom is -0.494 e. The van der Waals surface area contributed by atoms with Gasteiger partial charge in [0.1, 0.15) is 5.75 Å². The van der Waals surface area contributed by atoms with Crippen molar-refractivity contribution < 1.29 is 4.74 Å². The summed E-state index contributed by atoms with van der Waals surface area (Å²) in [6.45, 7) is 3.80. The molecule has 3 nitrogen and oxygen atoms in total. The van der Waals surface area contributed by atoms with Gasteiger partial charge in [-0.2, -0.15) is 0 Å². The molecule has 0 bridgehead atoms. The van der Waals surface area contributed by atoms with Crippen LogP contribution in [0.5, 0.6) is 5.75 Å². The third kappa shape index (κ3) is 5.85. The molecule has 0 fully saturated rings. The highest BCUT2D eigenvalue weighted by molar-refractivity contribution is 9.10. The standard InChI is InChI=1S/C14H23BrN2O/c1-11(16)9-12-10-13(5-6-14(12)15)18-8-4-7-17(2)3/h5-6,10-11H,4,7-9,16H2,1-3H3. The first-order valence-electron chi connectivity index (χ1n) is 6.30. The van der Waals surface area contributed by atoms with E-state index in [0.29, 0.717) is 0 Å². The monoisotopic (exact) mass is 314 g/mol. The lowest BCUT2D eigenvalue weighted by atomic mass is 10.1. The van der Waals surface area contributed by atoms with Gasteiger partial charge in [0.05, 0.1) is 6.61 Å². The summed E-state index contributed by atoms with van der Waals surface area (Å²) >= 11 is 3.54. The van der Waals surface area contributed by atoms with Gasteiger partial charge in [-0.1, -0.05) is 15.9 Å². The number of hydrogen-bond donors (Lipinski definition) is 1. The van der Waals surface area contributed by atoms with Gasteiger partial charge in [0.2, 0.25) is 0 Å². The zero-order valence-corrected chi connectivity index (χ0v) is 13.0. The van der Waals surface area contributed by atoms with Crippen molar-refractivity contribution in [2.24, 2.45) is 5.73 Å². The Hall–Kier alpha value is -0.580. The molecule has 0 aromatic heterocycles. The number of nitrogens with two attached hydrogens (primary N) is 1. The molecule has 102 valence electrons. The molecule has 1 aromatic rings. The molecule has 0 aliphatic rings. The number of nitrogens with zero attached hydrogens (tertiary/aromatic N) is 1. The van der Waals surface area contributed by atoms with Crippen LogP contribution in [-0.2, 0) is 6.42 Å². The van der Waals surface area contributed by atoms with Crippen LogP contribution < -0.4 is 10.5 Å². The molecule has 1 atom stereocenters. The van der Waals surface area contributed by atoms with Crippen LogP contribution in [0.25, 0.3) is 0 Å². The molecule has 2 N–H and O–H groups in total. The molecular formula is C14H23BrN2O. The van der Waals surface area contributed by atoms with Crippen LogP contribution in [0.1, 0.15) is 18.9 Å². The van der Waals surface area contributed by atoms with Crippen molar-refractivity contribution in [2.45, 2.75) is 25.8 Å². The van der Waals surface area contributed by atoms with Gasteiger partial charge in [0, 0.05) is 17.1 Å². The van der Waals surface area contributed by atoms with Crippen LogP contribution >= 0.6 is 15.9 Å². The molecule has 0 aliphatic heterocycles. The Morgan fingerprint density at radius 2 is 2.11 bits per heavy atom. The summed E-state index contributed by atoms with van der Waals surface area (Å²) in [6, 6.07) is 6.25. The van der Waals surface area contributed by atoms with Gasteiger partial charge in [-0.05, 0) is 57.6 Å². The molecule has 18 heavy (non-hydrogen) atoms. The fourth-order valence-electron chi connectivity index (χ4n) is 1.71. The molecule has 0 spiro atoms. The zero-order chi connectivity index (χ0) is 13.5. The van der Waals surface area contributed by atoms with Gasteiger partial charge in [0.15, 0.2) is 0 Å². The Labute approximate surface area is 118 Å². The second kappa shape index (κ2) is 7.77. The molecule has 1 aromatic carbocycles. The summed E-state index contributed by atoms with van der Waals surface area (Å²) < 4.78 is 6.84. The van der Waals surface area contributed by atoms with Crippen LogP contribution in [0, 0.1) is 0 Å². The number of hydrogen-bond acceptors (Lipinski definition) is 3. The van der Waals surface area contributed by atoms with Crippen LogP contribution in [-0.4, -0.2) is 38.2 Å². The molecule has 0 saturated carbocycles. The molecule has 0 amide bonds. The lowest BCUT2D eigenvalue weighted by Gasteiger charge is -2.13. The minimum atomic E-state index is 0.158. The summed E-state index contributed by atoms with van der Waals surface area (Å²) in [4.78, 5) is 2.16. The van der Waals surface area contributed by atoms with Gasteiger partial charge in [-0.25, -0.2) is 0 Å². The van der Waals surface area contributed by atoms with E-state index in [4.69, 9.17) is 10.5 Å². The Morgan fingerprint density at radius 1 is 1.39 bits per heavy atom. The smallest absolute Gasteiger partial charge is 0.119 e. The summed E-state index contributed by atoms with van der Waals surface area (Å²) in [5, 5.41) is 0. The van der Waals surface area contributed by atoms with Crippen LogP contribution in [0.2, 0.25) is 0 Å². The maximum atomic E-state index is 5.83. The Balaban J connectivity index is 2.51. The van der Waals surface area contributed by atoms with E-state index in [1.165, 1.54) is 5.56 Å². The predicted octanol–water partition coefficient (Wildman–Crippen LogP) is 2.67. The number of rotatable bonds is 7. The van der Waals surface area contributed by atoms with Gasteiger partial charge >= 0.3 is 0 Å². The van der Waals surface area contributed by atoms with Crippen molar-refractivity contribution in [3.63, 3.8) is 0 Å². The predicted molar refractivity (Wildman–Crippen MR) is 80.2 cm³/mol. The highest BCUT2D eigenvalue weighted by Crippen LogP contribution is 2.23. The second-order valence-corrected chi connectivity index (χ2v) is 5.79. The van der Waals surface area contributed by atoms with Crippen molar-refractivity contribution in [1.29, 1.82) is 0 Å². The van der Waals surface area contributed by atoms with Crippen LogP contribution in [0.15, 0.2) is 22.7 Å². The van der Waals surface area contributed by atoms with Crippen molar-refractivity contribution in [3.05, 3.63) is 28.2 Å². The molecule has 0 heterocycles. The van der Waals surface area contributed by atoms with Gasteiger partial charge in [0.25, 0.3) is 0 Å². The highest BCUT2D eigenvalue weighted by Gasteiger charge is 2.05. The molecule has 1 rings (SSSR count). The quantitative estimate of drug-likeness (QED) is 0.786. The van der Waals surface area contributed by atoms with Crippen molar-refractivity contribution in [3.8, 4) is 5.75 Å².